The standard InChI is InChI=1S/C17H18O/c1-18-12-14-11-17(13-7-3-2-4-8-13)16-10-6-5-9-15(14)16/h2-10,14,17H,11-12H2,1H3. The van der Waals surface area contributed by atoms with Gasteiger partial charge in [-0.3, -0.25) is 0 Å². The second-order valence-electron chi connectivity index (χ2n) is 4.98. The summed E-state index contributed by atoms with van der Waals surface area (Å²) in [4.78, 5) is 0. The average Bonchev–Trinajstić information content (AvgIpc) is 2.80. The van der Waals surface area contributed by atoms with Gasteiger partial charge in [-0.2, -0.15) is 0 Å². The molecule has 2 unspecified atom stereocenters. The van der Waals surface area contributed by atoms with Crippen molar-refractivity contribution >= 4 is 0 Å². The number of benzene rings is 2. The summed E-state index contributed by atoms with van der Waals surface area (Å²) >= 11 is 0. The van der Waals surface area contributed by atoms with Crippen LogP contribution in [0.1, 0.15) is 34.9 Å². The molecular formula is C17H18O. The molecule has 0 aromatic heterocycles. The highest BCUT2D eigenvalue weighted by molar-refractivity contribution is 5.44. The van der Waals surface area contributed by atoms with E-state index in [1.165, 1.54) is 16.7 Å². The Kier molecular flexibility index (Phi) is 3.16. The fourth-order valence-electron chi connectivity index (χ4n) is 3.10. The molecule has 0 N–H and O–H groups in total. The monoisotopic (exact) mass is 238 g/mol. The van der Waals surface area contributed by atoms with Gasteiger partial charge in [0, 0.05) is 18.9 Å². The van der Waals surface area contributed by atoms with Gasteiger partial charge in [-0.05, 0) is 23.1 Å². The van der Waals surface area contributed by atoms with E-state index in [-0.39, 0.29) is 0 Å². The molecule has 1 aliphatic rings. The molecule has 18 heavy (non-hydrogen) atoms. The third-order valence-corrected chi connectivity index (χ3v) is 3.90. The highest BCUT2D eigenvalue weighted by atomic mass is 16.5. The second kappa shape index (κ2) is 4.95. The molecule has 1 aliphatic carbocycles. The summed E-state index contributed by atoms with van der Waals surface area (Å²) in [6.07, 6.45) is 1.16. The predicted molar refractivity (Wildman–Crippen MR) is 74.0 cm³/mol. The van der Waals surface area contributed by atoms with Gasteiger partial charge < -0.3 is 4.74 Å². The normalized spacial score (nSPS) is 21.8. The topological polar surface area (TPSA) is 9.23 Å². The zero-order chi connectivity index (χ0) is 12.4. The number of hydrogen-bond donors (Lipinski definition) is 0. The largest absolute Gasteiger partial charge is 0.384 e. The van der Waals surface area contributed by atoms with Crippen molar-refractivity contribution in [2.24, 2.45) is 0 Å². The number of rotatable bonds is 3. The lowest BCUT2D eigenvalue weighted by Gasteiger charge is -2.12. The summed E-state index contributed by atoms with van der Waals surface area (Å²) in [6.45, 7) is 0.820. The van der Waals surface area contributed by atoms with Gasteiger partial charge in [-0.15, -0.1) is 0 Å². The lowest BCUT2D eigenvalue weighted by molar-refractivity contribution is 0.178. The Bertz CT molecular complexity index is 518. The van der Waals surface area contributed by atoms with Gasteiger partial charge in [0.1, 0.15) is 0 Å². The van der Waals surface area contributed by atoms with E-state index in [0.717, 1.165) is 13.0 Å². The van der Waals surface area contributed by atoms with Crippen LogP contribution in [-0.2, 0) is 4.74 Å². The molecule has 2 aromatic carbocycles. The Labute approximate surface area is 108 Å². The van der Waals surface area contributed by atoms with E-state index < -0.39 is 0 Å². The van der Waals surface area contributed by atoms with Gasteiger partial charge in [0.05, 0.1) is 6.61 Å². The van der Waals surface area contributed by atoms with Crippen molar-refractivity contribution in [3.63, 3.8) is 0 Å². The minimum atomic E-state index is 0.530. The Hall–Kier alpha value is -1.60. The SMILES string of the molecule is COCC1CC(c2ccccc2)c2ccccc21. The highest BCUT2D eigenvalue weighted by Crippen LogP contribution is 2.44. The van der Waals surface area contributed by atoms with Crippen molar-refractivity contribution in [1.29, 1.82) is 0 Å². The van der Waals surface area contributed by atoms with Crippen LogP contribution in [0, 0.1) is 0 Å². The molecule has 0 fully saturated rings. The highest BCUT2D eigenvalue weighted by Gasteiger charge is 2.31. The Morgan fingerprint density at radius 3 is 2.33 bits per heavy atom. The molecule has 0 bridgehead atoms. The zero-order valence-corrected chi connectivity index (χ0v) is 10.7. The quantitative estimate of drug-likeness (QED) is 0.786. The van der Waals surface area contributed by atoms with E-state index in [4.69, 9.17) is 4.74 Å². The lowest BCUT2D eigenvalue weighted by Crippen LogP contribution is -2.02. The zero-order valence-electron chi connectivity index (χ0n) is 10.7. The van der Waals surface area contributed by atoms with E-state index in [1.807, 2.05) is 0 Å². The van der Waals surface area contributed by atoms with Crippen molar-refractivity contribution < 1.29 is 4.74 Å². The summed E-state index contributed by atoms with van der Waals surface area (Å²) in [5.74, 6) is 1.07. The maximum atomic E-state index is 5.37. The van der Waals surface area contributed by atoms with Gasteiger partial charge in [0.2, 0.25) is 0 Å². The molecule has 0 radical (unpaired) electrons. The van der Waals surface area contributed by atoms with Crippen LogP contribution in [0.25, 0.3) is 0 Å². The number of ether oxygens (including phenoxy) is 1. The Balaban J connectivity index is 1.99. The lowest BCUT2D eigenvalue weighted by atomic mass is 9.93. The molecule has 0 saturated carbocycles. The van der Waals surface area contributed by atoms with Crippen molar-refractivity contribution in [3.05, 3.63) is 71.3 Å². The van der Waals surface area contributed by atoms with Crippen LogP contribution < -0.4 is 0 Å². The molecule has 0 saturated heterocycles. The van der Waals surface area contributed by atoms with Crippen molar-refractivity contribution in [2.75, 3.05) is 13.7 Å². The summed E-state index contributed by atoms with van der Waals surface area (Å²) < 4.78 is 5.37. The average molecular weight is 238 g/mol. The van der Waals surface area contributed by atoms with Gasteiger partial charge >= 0.3 is 0 Å². The smallest absolute Gasteiger partial charge is 0.0531 e. The molecule has 92 valence electrons. The van der Waals surface area contributed by atoms with Crippen LogP contribution in [0.3, 0.4) is 0 Å². The Morgan fingerprint density at radius 1 is 0.944 bits per heavy atom. The first-order valence-electron chi connectivity index (χ1n) is 6.53. The third-order valence-electron chi connectivity index (χ3n) is 3.90. The minimum Gasteiger partial charge on any atom is -0.384 e. The number of hydrogen-bond acceptors (Lipinski definition) is 1. The van der Waals surface area contributed by atoms with Crippen LogP contribution in [0.2, 0.25) is 0 Å². The minimum absolute atomic E-state index is 0.530. The molecule has 3 rings (SSSR count). The molecular weight excluding hydrogens is 220 g/mol. The van der Waals surface area contributed by atoms with E-state index in [0.29, 0.717) is 11.8 Å². The van der Waals surface area contributed by atoms with Crippen LogP contribution in [0.15, 0.2) is 54.6 Å². The molecule has 0 aliphatic heterocycles. The summed E-state index contributed by atoms with van der Waals surface area (Å²) in [5.41, 5.74) is 4.36. The predicted octanol–water partition coefficient (Wildman–Crippen LogP) is 3.95. The van der Waals surface area contributed by atoms with Crippen LogP contribution in [0.4, 0.5) is 0 Å². The van der Waals surface area contributed by atoms with Crippen molar-refractivity contribution in [1.82, 2.24) is 0 Å². The third kappa shape index (κ3) is 1.95. The van der Waals surface area contributed by atoms with Gasteiger partial charge in [-0.25, -0.2) is 0 Å². The molecule has 1 heteroatoms. The fraction of sp³-hybridized carbons (Fsp3) is 0.294. The maximum Gasteiger partial charge on any atom is 0.0531 e. The van der Waals surface area contributed by atoms with E-state index in [1.54, 1.807) is 7.11 Å². The molecule has 1 nitrogen and oxygen atoms in total. The summed E-state index contributed by atoms with van der Waals surface area (Å²) in [5, 5.41) is 0. The van der Waals surface area contributed by atoms with Gasteiger partial charge in [-0.1, -0.05) is 54.6 Å². The maximum absolute atomic E-state index is 5.37. The Morgan fingerprint density at radius 2 is 1.61 bits per heavy atom. The second-order valence-corrected chi connectivity index (χ2v) is 4.98. The number of methoxy groups -OCH3 is 1. The van der Waals surface area contributed by atoms with Gasteiger partial charge in [0.25, 0.3) is 0 Å². The molecule has 2 atom stereocenters. The summed E-state index contributed by atoms with van der Waals surface area (Å²) in [6, 6.07) is 19.6. The van der Waals surface area contributed by atoms with E-state index in [9.17, 15) is 0 Å². The molecule has 2 aromatic rings. The first-order chi connectivity index (χ1) is 8.90. The summed E-state index contributed by atoms with van der Waals surface area (Å²) in [7, 11) is 1.79. The molecule has 0 amide bonds. The van der Waals surface area contributed by atoms with Crippen molar-refractivity contribution in [3.8, 4) is 0 Å². The van der Waals surface area contributed by atoms with Crippen LogP contribution >= 0.6 is 0 Å². The first kappa shape index (κ1) is 11.5. The van der Waals surface area contributed by atoms with Crippen LogP contribution in [0.5, 0.6) is 0 Å². The van der Waals surface area contributed by atoms with Crippen LogP contribution in [-0.4, -0.2) is 13.7 Å². The fourth-order valence-corrected chi connectivity index (χ4v) is 3.10. The van der Waals surface area contributed by atoms with Gasteiger partial charge in [0.15, 0.2) is 0 Å². The molecule has 0 heterocycles. The number of fused-ring (bicyclic) bond motifs is 1. The van der Waals surface area contributed by atoms with E-state index in [2.05, 4.69) is 54.6 Å². The van der Waals surface area contributed by atoms with E-state index >= 15 is 0 Å². The van der Waals surface area contributed by atoms with Crippen molar-refractivity contribution in [2.45, 2.75) is 18.3 Å². The first-order valence-corrected chi connectivity index (χ1v) is 6.53. The molecule has 0 spiro atoms.